The number of morpholine rings is 1. The zero-order valence-corrected chi connectivity index (χ0v) is 20.8. The molecule has 35 heavy (non-hydrogen) atoms. The first-order valence-electron chi connectivity index (χ1n) is 11.7. The van der Waals surface area contributed by atoms with Crippen LogP contribution < -0.4 is 15.5 Å². The smallest absolute Gasteiger partial charge is 0.253 e. The number of carbonyl (C=O) groups is 3. The van der Waals surface area contributed by atoms with Gasteiger partial charge in [-0.05, 0) is 37.2 Å². The molecule has 0 radical (unpaired) electrons. The van der Waals surface area contributed by atoms with Crippen molar-refractivity contribution in [2.24, 2.45) is 5.92 Å². The Balaban J connectivity index is 1.33. The molecule has 2 fully saturated rings. The summed E-state index contributed by atoms with van der Waals surface area (Å²) in [4.78, 5) is 42.2. The van der Waals surface area contributed by atoms with Gasteiger partial charge < -0.3 is 20.3 Å². The van der Waals surface area contributed by atoms with Crippen LogP contribution in [0, 0.1) is 5.92 Å². The number of amides is 3. The lowest BCUT2D eigenvalue weighted by Gasteiger charge is -2.26. The fourth-order valence-electron chi connectivity index (χ4n) is 4.27. The minimum Gasteiger partial charge on any atom is -0.379 e. The van der Waals surface area contributed by atoms with Gasteiger partial charge in [0.05, 0.1) is 46.1 Å². The summed E-state index contributed by atoms with van der Waals surface area (Å²) in [5, 5.41) is 6.38. The van der Waals surface area contributed by atoms with Crippen molar-refractivity contribution in [3.8, 4) is 0 Å². The average molecular weight is 519 g/mol. The van der Waals surface area contributed by atoms with Crippen LogP contribution in [-0.2, 0) is 14.3 Å². The topological polar surface area (TPSA) is 91.0 Å². The molecule has 2 aliphatic rings. The highest BCUT2D eigenvalue weighted by atomic mass is 35.5. The van der Waals surface area contributed by atoms with Gasteiger partial charge in [0.2, 0.25) is 11.8 Å². The van der Waals surface area contributed by atoms with Crippen molar-refractivity contribution in [2.75, 3.05) is 56.2 Å². The molecule has 0 saturated carbocycles. The minimum absolute atomic E-state index is 0.0462. The Labute approximate surface area is 214 Å². The number of nitrogens with zero attached hydrogens (tertiary/aromatic N) is 2. The summed E-state index contributed by atoms with van der Waals surface area (Å²) in [5.74, 6) is -1.37. The van der Waals surface area contributed by atoms with E-state index in [0.29, 0.717) is 28.5 Å². The van der Waals surface area contributed by atoms with Crippen molar-refractivity contribution in [2.45, 2.75) is 12.8 Å². The monoisotopic (exact) mass is 518 g/mol. The van der Waals surface area contributed by atoms with Gasteiger partial charge in [-0.25, -0.2) is 0 Å². The van der Waals surface area contributed by atoms with Crippen molar-refractivity contribution in [1.29, 1.82) is 0 Å². The van der Waals surface area contributed by atoms with E-state index in [2.05, 4.69) is 15.5 Å². The van der Waals surface area contributed by atoms with Gasteiger partial charge in [-0.3, -0.25) is 19.3 Å². The Hall–Kier alpha value is -2.65. The molecular formula is C25H28Cl2N4O4. The second-order valence-electron chi connectivity index (χ2n) is 8.58. The van der Waals surface area contributed by atoms with Crippen LogP contribution in [0.5, 0.6) is 0 Å². The number of halogens is 2. The van der Waals surface area contributed by atoms with Gasteiger partial charge in [0.25, 0.3) is 5.91 Å². The van der Waals surface area contributed by atoms with E-state index in [0.717, 1.165) is 39.3 Å². The number of para-hydroxylation sites is 1. The van der Waals surface area contributed by atoms with E-state index in [1.165, 1.54) is 4.90 Å². The summed E-state index contributed by atoms with van der Waals surface area (Å²) in [5.41, 5.74) is 1.28. The molecule has 0 spiro atoms. The third-order valence-electron chi connectivity index (χ3n) is 6.19. The standard InChI is InChI=1S/C25H28Cl2N4O4/c26-19-6-3-8-21(23(19)27)31-16-17(15-22(31)32)24(33)29-20-7-2-1-5-18(20)25(34)28-9-4-10-30-11-13-35-14-12-30/h1-3,5-8,17H,4,9-16H2,(H,28,34)(H,29,33)/t17-/m0/s1. The second kappa shape index (κ2) is 11.9. The average Bonchev–Trinajstić information content (AvgIpc) is 3.26. The van der Waals surface area contributed by atoms with Crippen LogP contribution in [0.25, 0.3) is 0 Å². The molecule has 2 N–H and O–H groups in total. The zero-order valence-electron chi connectivity index (χ0n) is 19.3. The third-order valence-corrected chi connectivity index (χ3v) is 7.00. The van der Waals surface area contributed by atoms with E-state index in [9.17, 15) is 14.4 Å². The number of anilines is 2. The lowest BCUT2D eigenvalue weighted by Crippen LogP contribution is -2.38. The molecule has 10 heteroatoms. The summed E-state index contributed by atoms with van der Waals surface area (Å²) in [7, 11) is 0. The number of carbonyl (C=O) groups excluding carboxylic acids is 3. The quantitative estimate of drug-likeness (QED) is 0.522. The summed E-state index contributed by atoms with van der Waals surface area (Å²) in [6.07, 6.45) is 0.872. The summed E-state index contributed by atoms with van der Waals surface area (Å²) in [6.45, 7) is 4.92. The predicted octanol–water partition coefficient (Wildman–Crippen LogP) is 3.44. The molecule has 3 amide bonds. The number of hydrogen-bond donors (Lipinski definition) is 2. The molecule has 8 nitrogen and oxygen atoms in total. The highest BCUT2D eigenvalue weighted by Crippen LogP contribution is 2.36. The zero-order chi connectivity index (χ0) is 24.8. The Morgan fingerprint density at radius 2 is 1.83 bits per heavy atom. The van der Waals surface area contributed by atoms with Crippen molar-refractivity contribution in [3.63, 3.8) is 0 Å². The molecule has 0 aromatic heterocycles. The molecular weight excluding hydrogens is 491 g/mol. The van der Waals surface area contributed by atoms with Crippen LogP contribution >= 0.6 is 23.2 Å². The van der Waals surface area contributed by atoms with Gasteiger partial charge in [0.1, 0.15) is 0 Å². The molecule has 2 aliphatic heterocycles. The van der Waals surface area contributed by atoms with E-state index in [1.54, 1.807) is 42.5 Å². The number of hydrogen-bond acceptors (Lipinski definition) is 5. The van der Waals surface area contributed by atoms with Crippen molar-refractivity contribution >= 4 is 52.3 Å². The fourth-order valence-corrected chi connectivity index (χ4v) is 4.66. The molecule has 2 aromatic rings. The van der Waals surface area contributed by atoms with Gasteiger partial charge in [-0.15, -0.1) is 0 Å². The largest absolute Gasteiger partial charge is 0.379 e. The molecule has 2 aromatic carbocycles. The van der Waals surface area contributed by atoms with Gasteiger partial charge in [0.15, 0.2) is 0 Å². The van der Waals surface area contributed by atoms with Crippen molar-refractivity contribution < 1.29 is 19.1 Å². The fraction of sp³-hybridized carbons (Fsp3) is 0.400. The highest BCUT2D eigenvalue weighted by molar-refractivity contribution is 6.44. The normalized spacial score (nSPS) is 18.5. The maximum absolute atomic E-state index is 13.0. The molecule has 186 valence electrons. The summed E-state index contributed by atoms with van der Waals surface area (Å²) < 4.78 is 5.35. The third kappa shape index (κ3) is 6.32. The number of nitrogens with one attached hydrogen (secondary N) is 2. The van der Waals surface area contributed by atoms with Crippen LogP contribution in [0.15, 0.2) is 42.5 Å². The SMILES string of the molecule is O=C(NCCCN1CCOCC1)c1ccccc1NC(=O)[C@H]1CC(=O)N(c2cccc(Cl)c2Cl)C1. The molecule has 2 saturated heterocycles. The first kappa shape index (κ1) is 25.4. The Bertz CT molecular complexity index is 1090. The first-order valence-corrected chi connectivity index (χ1v) is 12.4. The molecule has 0 unspecified atom stereocenters. The lowest BCUT2D eigenvalue weighted by molar-refractivity contribution is -0.122. The Morgan fingerprint density at radius 1 is 1.06 bits per heavy atom. The molecule has 0 bridgehead atoms. The van der Waals surface area contributed by atoms with Crippen LogP contribution in [-0.4, -0.2) is 68.6 Å². The predicted molar refractivity (Wildman–Crippen MR) is 136 cm³/mol. The first-order chi connectivity index (χ1) is 16.9. The van der Waals surface area contributed by atoms with Crippen LogP contribution in [0.3, 0.4) is 0 Å². The Kier molecular flexibility index (Phi) is 8.62. The van der Waals surface area contributed by atoms with Gasteiger partial charge in [-0.2, -0.15) is 0 Å². The van der Waals surface area contributed by atoms with Crippen molar-refractivity contribution in [1.82, 2.24) is 10.2 Å². The molecule has 4 rings (SSSR count). The minimum atomic E-state index is -0.581. The summed E-state index contributed by atoms with van der Waals surface area (Å²) in [6, 6.07) is 11.9. The highest BCUT2D eigenvalue weighted by Gasteiger charge is 2.36. The number of ether oxygens (including phenoxy) is 1. The van der Waals surface area contributed by atoms with E-state index in [1.807, 2.05) is 0 Å². The lowest BCUT2D eigenvalue weighted by atomic mass is 10.1. The second-order valence-corrected chi connectivity index (χ2v) is 9.36. The number of rotatable bonds is 8. The summed E-state index contributed by atoms with van der Waals surface area (Å²) >= 11 is 12.4. The maximum Gasteiger partial charge on any atom is 0.253 e. The molecule has 1 atom stereocenters. The van der Waals surface area contributed by atoms with Crippen LogP contribution in [0.4, 0.5) is 11.4 Å². The van der Waals surface area contributed by atoms with Gasteiger partial charge >= 0.3 is 0 Å². The van der Waals surface area contributed by atoms with Gasteiger partial charge in [-0.1, -0.05) is 41.4 Å². The van der Waals surface area contributed by atoms with Crippen molar-refractivity contribution in [3.05, 3.63) is 58.1 Å². The molecule has 2 heterocycles. The van der Waals surface area contributed by atoms with Crippen LogP contribution in [0.1, 0.15) is 23.2 Å². The van der Waals surface area contributed by atoms with E-state index >= 15 is 0 Å². The van der Waals surface area contributed by atoms with Crippen LogP contribution in [0.2, 0.25) is 10.0 Å². The Morgan fingerprint density at radius 3 is 2.63 bits per heavy atom. The maximum atomic E-state index is 13.0. The van der Waals surface area contributed by atoms with E-state index in [4.69, 9.17) is 27.9 Å². The van der Waals surface area contributed by atoms with E-state index < -0.39 is 5.92 Å². The number of benzene rings is 2. The molecule has 0 aliphatic carbocycles. The van der Waals surface area contributed by atoms with E-state index in [-0.39, 0.29) is 35.7 Å². The van der Waals surface area contributed by atoms with Gasteiger partial charge in [0, 0.05) is 32.6 Å².